The molecule has 50 valence electrons. The summed E-state index contributed by atoms with van der Waals surface area (Å²) in [6.07, 6.45) is 4.33. The second-order valence-electron chi connectivity index (χ2n) is 2.78. The summed E-state index contributed by atoms with van der Waals surface area (Å²) in [5.41, 5.74) is 1.46. The Balaban J connectivity index is 2.25. The van der Waals surface area contributed by atoms with Crippen molar-refractivity contribution < 1.29 is 4.79 Å². The molecule has 0 amide bonds. The van der Waals surface area contributed by atoms with Crippen LogP contribution in [0.1, 0.15) is 26.7 Å². The van der Waals surface area contributed by atoms with E-state index >= 15 is 0 Å². The van der Waals surface area contributed by atoms with Gasteiger partial charge in [0.2, 0.25) is 0 Å². The van der Waals surface area contributed by atoms with Gasteiger partial charge < -0.3 is 0 Å². The van der Waals surface area contributed by atoms with Crippen LogP contribution in [0.15, 0.2) is 11.6 Å². The van der Waals surface area contributed by atoms with E-state index in [9.17, 15) is 4.79 Å². The van der Waals surface area contributed by atoms with E-state index in [-0.39, 0.29) is 5.92 Å². The molecule has 0 aromatic carbocycles. The molecule has 0 bridgehead atoms. The Bertz CT molecular complexity index is 156. The summed E-state index contributed by atoms with van der Waals surface area (Å²) in [6, 6.07) is 0. The van der Waals surface area contributed by atoms with Crippen LogP contribution in [-0.2, 0) is 4.79 Å². The summed E-state index contributed by atoms with van der Waals surface area (Å²) < 4.78 is 0. The predicted molar refractivity (Wildman–Crippen MR) is 37.2 cm³/mol. The maximum Gasteiger partial charge on any atom is 0.132 e. The van der Waals surface area contributed by atoms with Gasteiger partial charge in [0.05, 0.1) is 0 Å². The van der Waals surface area contributed by atoms with Crippen molar-refractivity contribution in [3.05, 3.63) is 11.6 Å². The first-order valence-electron chi connectivity index (χ1n) is 3.38. The van der Waals surface area contributed by atoms with E-state index in [1.807, 2.05) is 6.92 Å². The van der Waals surface area contributed by atoms with Crippen molar-refractivity contribution in [3.8, 4) is 0 Å². The fourth-order valence-electron chi connectivity index (χ4n) is 0.776. The first kappa shape index (κ1) is 6.53. The number of ketones is 1. The highest BCUT2D eigenvalue weighted by atomic mass is 16.1. The maximum atomic E-state index is 10.7. The van der Waals surface area contributed by atoms with Gasteiger partial charge in [-0.05, 0) is 19.8 Å². The number of rotatable bonds is 3. The molecule has 0 spiro atoms. The van der Waals surface area contributed by atoms with E-state index in [2.05, 4.69) is 6.08 Å². The molecule has 0 heterocycles. The molecule has 0 aromatic heterocycles. The zero-order chi connectivity index (χ0) is 6.85. The largest absolute Gasteiger partial charge is 0.300 e. The molecule has 9 heavy (non-hydrogen) atoms. The quantitative estimate of drug-likeness (QED) is 0.525. The molecule has 0 saturated carbocycles. The number of hydrogen-bond donors (Lipinski definition) is 0. The highest BCUT2D eigenvalue weighted by Gasteiger charge is 2.14. The van der Waals surface area contributed by atoms with Gasteiger partial charge in [0.25, 0.3) is 0 Å². The summed E-state index contributed by atoms with van der Waals surface area (Å²) in [7, 11) is 0. The zero-order valence-corrected chi connectivity index (χ0v) is 5.98. The summed E-state index contributed by atoms with van der Waals surface area (Å²) >= 11 is 0. The van der Waals surface area contributed by atoms with E-state index in [0.29, 0.717) is 5.78 Å². The van der Waals surface area contributed by atoms with Gasteiger partial charge in [0.15, 0.2) is 0 Å². The van der Waals surface area contributed by atoms with Gasteiger partial charge in [0, 0.05) is 5.92 Å². The molecule has 1 heteroatoms. The molecular weight excluding hydrogens is 112 g/mol. The van der Waals surface area contributed by atoms with Crippen molar-refractivity contribution in [3.63, 3.8) is 0 Å². The van der Waals surface area contributed by atoms with Crippen LogP contribution in [0.25, 0.3) is 0 Å². The van der Waals surface area contributed by atoms with Gasteiger partial charge in [-0.15, -0.1) is 0 Å². The van der Waals surface area contributed by atoms with Crippen LogP contribution in [0.3, 0.4) is 0 Å². The highest BCUT2D eigenvalue weighted by molar-refractivity contribution is 5.78. The summed E-state index contributed by atoms with van der Waals surface area (Å²) in [6.45, 7) is 3.65. The van der Waals surface area contributed by atoms with Gasteiger partial charge in [-0.3, -0.25) is 4.79 Å². The Kier molecular flexibility index (Phi) is 1.70. The third-order valence-electron chi connectivity index (χ3n) is 1.76. The smallest absolute Gasteiger partial charge is 0.132 e. The fraction of sp³-hybridized carbons (Fsp3) is 0.625. The molecule has 0 saturated heterocycles. The molecule has 1 unspecified atom stereocenters. The van der Waals surface area contributed by atoms with E-state index in [1.54, 1.807) is 6.92 Å². The van der Waals surface area contributed by atoms with Crippen LogP contribution in [0.2, 0.25) is 0 Å². The van der Waals surface area contributed by atoms with Crippen molar-refractivity contribution in [2.45, 2.75) is 26.7 Å². The second-order valence-corrected chi connectivity index (χ2v) is 2.78. The average molecular weight is 124 g/mol. The molecule has 1 aliphatic rings. The first-order chi connectivity index (χ1) is 4.20. The Hall–Kier alpha value is -0.590. The Labute approximate surface area is 55.8 Å². The Morgan fingerprint density at radius 2 is 2.44 bits per heavy atom. The lowest BCUT2D eigenvalue weighted by Gasteiger charge is -2.01. The van der Waals surface area contributed by atoms with Crippen molar-refractivity contribution >= 4 is 5.78 Å². The van der Waals surface area contributed by atoms with Gasteiger partial charge in [-0.2, -0.15) is 0 Å². The fourth-order valence-corrected chi connectivity index (χ4v) is 0.776. The van der Waals surface area contributed by atoms with Crippen molar-refractivity contribution in [2.24, 2.45) is 5.92 Å². The minimum atomic E-state index is 0.249. The minimum Gasteiger partial charge on any atom is -0.300 e. The van der Waals surface area contributed by atoms with Crippen molar-refractivity contribution in [1.29, 1.82) is 0 Å². The van der Waals surface area contributed by atoms with Crippen molar-refractivity contribution in [1.82, 2.24) is 0 Å². The summed E-state index contributed by atoms with van der Waals surface area (Å²) in [5, 5.41) is 0. The standard InChI is InChI=1S/C8H12O/c1-6(7(2)9)5-8-3-4-8/h3,6H,4-5H2,1-2H3. The van der Waals surface area contributed by atoms with Crippen molar-refractivity contribution in [2.75, 3.05) is 0 Å². The molecule has 0 aromatic rings. The molecule has 1 aliphatic carbocycles. The lowest BCUT2D eigenvalue weighted by molar-refractivity contribution is -0.120. The third kappa shape index (κ3) is 2.00. The van der Waals surface area contributed by atoms with Crippen LogP contribution in [0, 0.1) is 5.92 Å². The number of allylic oxidation sites excluding steroid dienone is 2. The minimum absolute atomic E-state index is 0.249. The highest BCUT2D eigenvalue weighted by Crippen LogP contribution is 2.26. The molecule has 0 fully saturated rings. The Morgan fingerprint density at radius 3 is 2.78 bits per heavy atom. The van der Waals surface area contributed by atoms with Gasteiger partial charge in [-0.1, -0.05) is 18.6 Å². The van der Waals surface area contributed by atoms with E-state index < -0.39 is 0 Å². The zero-order valence-electron chi connectivity index (χ0n) is 5.98. The molecular formula is C8H12O. The number of carbonyl (C=O) groups is 1. The topological polar surface area (TPSA) is 17.1 Å². The first-order valence-corrected chi connectivity index (χ1v) is 3.38. The van der Waals surface area contributed by atoms with Crippen LogP contribution >= 0.6 is 0 Å². The molecule has 0 aliphatic heterocycles. The summed E-state index contributed by atoms with van der Waals surface area (Å²) in [5.74, 6) is 0.557. The molecule has 1 atom stereocenters. The number of carbonyl (C=O) groups excluding carboxylic acids is 1. The molecule has 0 radical (unpaired) electrons. The number of hydrogen-bond acceptors (Lipinski definition) is 1. The average Bonchev–Trinajstić information content (AvgIpc) is 2.50. The van der Waals surface area contributed by atoms with E-state index in [1.165, 1.54) is 5.57 Å². The van der Waals surface area contributed by atoms with E-state index in [0.717, 1.165) is 12.8 Å². The lowest BCUT2D eigenvalue weighted by Crippen LogP contribution is -2.04. The predicted octanol–water partition coefficient (Wildman–Crippen LogP) is 1.93. The molecule has 1 nitrogen and oxygen atoms in total. The maximum absolute atomic E-state index is 10.7. The summed E-state index contributed by atoms with van der Waals surface area (Å²) in [4.78, 5) is 10.7. The van der Waals surface area contributed by atoms with Gasteiger partial charge in [0.1, 0.15) is 5.78 Å². The van der Waals surface area contributed by atoms with Crippen LogP contribution in [-0.4, -0.2) is 5.78 Å². The van der Waals surface area contributed by atoms with Gasteiger partial charge in [-0.25, -0.2) is 0 Å². The SMILES string of the molecule is CC(=O)C(C)CC1=CC1. The second kappa shape index (κ2) is 2.34. The lowest BCUT2D eigenvalue weighted by atomic mass is 10.0. The molecule has 1 rings (SSSR count). The normalized spacial score (nSPS) is 18.7. The molecule has 0 N–H and O–H groups in total. The monoisotopic (exact) mass is 124 g/mol. The third-order valence-corrected chi connectivity index (χ3v) is 1.76. The van der Waals surface area contributed by atoms with Crippen LogP contribution in [0.5, 0.6) is 0 Å². The Morgan fingerprint density at radius 1 is 1.89 bits per heavy atom. The number of Topliss-reactive ketones (excluding diaryl/α,β-unsaturated/α-hetero) is 1. The van der Waals surface area contributed by atoms with Crippen LogP contribution in [0.4, 0.5) is 0 Å². The van der Waals surface area contributed by atoms with Gasteiger partial charge >= 0.3 is 0 Å². The van der Waals surface area contributed by atoms with Crippen LogP contribution < -0.4 is 0 Å². The van der Waals surface area contributed by atoms with E-state index in [4.69, 9.17) is 0 Å².